The molecule has 0 saturated heterocycles. The van der Waals surface area contributed by atoms with Crippen LogP contribution in [0.15, 0.2) is 83.3 Å². The third kappa shape index (κ3) is 11.7. The van der Waals surface area contributed by atoms with Gasteiger partial charge in [0.05, 0.1) is 18.9 Å². The maximum absolute atomic E-state index is 12.5. The molecule has 9 heteroatoms. The van der Waals surface area contributed by atoms with Gasteiger partial charge in [-0.05, 0) is 48.6 Å². The van der Waals surface area contributed by atoms with Gasteiger partial charge < -0.3 is 10.1 Å². The number of hydrogen-bond acceptors (Lipinski definition) is 8. The molecule has 2 aliphatic rings. The van der Waals surface area contributed by atoms with Crippen LogP contribution < -0.4 is 10.7 Å². The molecule has 0 spiro atoms. The minimum atomic E-state index is -0.296. The lowest BCUT2D eigenvalue weighted by molar-refractivity contribution is -0.144. The zero-order chi connectivity index (χ0) is 30.0. The van der Waals surface area contributed by atoms with Crippen LogP contribution in [0, 0.1) is 5.92 Å². The molecular formula is C32H42N6O3. The Hall–Kier alpha value is -4.40. The molecule has 0 aromatic carbocycles. The van der Waals surface area contributed by atoms with Gasteiger partial charge in [0, 0.05) is 47.8 Å². The number of amides is 1. The first kappa shape index (κ1) is 32.8. The number of carbonyl (C=O) groups is 2. The quantitative estimate of drug-likeness (QED) is 0.273. The van der Waals surface area contributed by atoms with Crippen LogP contribution in [0.1, 0.15) is 76.0 Å². The average Bonchev–Trinajstić information content (AvgIpc) is 3.87. The molecule has 0 unspecified atom stereocenters. The molecule has 1 aliphatic carbocycles. The standard InChI is InChI=1S/C23H22N6O.C7H14O2.C2H6/c1-2-3-16(22-14-24-15-28-29-22)8-11-26-23(30)21-12-18(9-10-25-21)19-6-7-20(27-13-19)17-4-5-17;1-4-7(8)9-5-6(2)3;1-2/h2-3,6-13,15,17H,1,4-5,14H2,(H,24,28)(H,26,30);6H,4-5H2,1-3H3;1-2H3/b11-8+,16-3+;;. The van der Waals surface area contributed by atoms with E-state index in [9.17, 15) is 9.59 Å². The maximum Gasteiger partial charge on any atom is 0.305 e. The number of pyridine rings is 2. The molecule has 1 aliphatic heterocycles. The minimum Gasteiger partial charge on any atom is -0.465 e. The largest absolute Gasteiger partial charge is 0.465 e. The molecule has 2 N–H and O–H groups in total. The van der Waals surface area contributed by atoms with Gasteiger partial charge in [-0.3, -0.25) is 30.0 Å². The van der Waals surface area contributed by atoms with Gasteiger partial charge in [-0.25, -0.2) is 0 Å². The molecule has 1 saturated carbocycles. The molecule has 9 nitrogen and oxygen atoms in total. The van der Waals surface area contributed by atoms with E-state index < -0.39 is 0 Å². The monoisotopic (exact) mass is 558 g/mol. The third-order valence-electron chi connectivity index (χ3n) is 5.67. The van der Waals surface area contributed by atoms with Crippen molar-refractivity contribution in [2.24, 2.45) is 16.0 Å². The lowest BCUT2D eigenvalue weighted by Gasteiger charge is -2.08. The van der Waals surface area contributed by atoms with Crippen LogP contribution in [0.4, 0.5) is 0 Å². The van der Waals surface area contributed by atoms with Crippen molar-refractivity contribution in [1.29, 1.82) is 0 Å². The highest BCUT2D eigenvalue weighted by Gasteiger charge is 2.24. The number of allylic oxidation sites excluding steroid dienone is 3. The van der Waals surface area contributed by atoms with Crippen molar-refractivity contribution in [3.8, 4) is 11.1 Å². The summed E-state index contributed by atoms with van der Waals surface area (Å²) in [6, 6.07) is 7.75. The van der Waals surface area contributed by atoms with Gasteiger partial charge in [0.2, 0.25) is 0 Å². The van der Waals surface area contributed by atoms with Gasteiger partial charge in [0.1, 0.15) is 12.0 Å². The van der Waals surface area contributed by atoms with Gasteiger partial charge in [0.15, 0.2) is 0 Å². The van der Waals surface area contributed by atoms with Crippen molar-refractivity contribution in [3.63, 3.8) is 0 Å². The number of hydrogen-bond donors (Lipinski definition) is 2. The number of nitrogens with one attached hydrogen (secondary N) is 2. The van der Waals surface area contributed by atoms with Gasteiger partial charge in [-0.15, -0.1) is 0 Å². The molecule has 1 amide bonds. The lowest BCUT2D eigenvalue weighted by Crippen LogP contribution is -2.20. The topological polar surface area (TPSA) is 118 Å². The van der Waals surface area contributed by atoms with Gasteiger partial charge in [0.25, 0.3) is 5.91 Å². The Labute approximate surface area is 243 Å². The number of aromatic nitrogens is 2. The van der Waals surface area contributed by atoms with Crippen molar-refractivity contribution in [3.05, 3.63) is 84.6 Å². The first-order valence-electron chi connectivity index (χ1n) is 14.1. The van der Waals surface area contributed by atoms with Crippen LogP contribution in [-0.4, -0.2) is 47.0 Å². The van der Waals surface area contributed by atoms with Crippen LogP contribution >= 0.6 is 0 Å². The predicted octanol–water partition coefficient (Wildman–Crippen LogP) is 5.99. The zero-order valence-corrected chi connectivity index (χ0v) is 24.8. The fraction of sp³-hybridized carbons (Fsp3) is 0.375. The number of esters is 1. The van der Waals surface area contributed by atoms with Gasteiger partial charge in [-0.2, -0.15) is 5.10 Å². The highest BCUT2D eigenvalue weighted by atomic mass is 16.5. The van der Waals surface area contributed by atoms with Crippen molar-refractivity contribution in [2.75, 3.05) is 13.2 Å². The maximum atomic E-state index is 12.5. The normalized spacial score (nSPS) is 14.1. The van der Waals surface area contributed by atoms with Crippen LogP contribution in [0.3, 0.4) is 0 Å². The summed E-state index contributed by atoms with van der Waals surface area (Å²) in [4.78, 5) is 35.9. The van der Waals surface area contributed by atoms with E-state index in [2.05, 4.69) is 43.4 Å². The third-order valence-corrected chi connectivity index (χ3v) is 5.67. The van der Waals surface area contributed by atoms with Crippen LogP contribution in [0.5, 0.6) is 0 Å². The number of hydrazone groups is 1. The fourth-order valence-electron chi connectivity index (χ4n) is 3.42. The smallest absolute Gasteiger partial charge is 0.305 e. The Balaban J connectivity index is 0.000000459. The Bertz CT molecular complexity index is 1260. The first-order valence-corrected chi connectivity index (χ1v) is 14.1. The average molecular weight is 559 g/mol. The van der Waals surface area contributed by atoms with E-state index in [1.54, 1.807) is 43.6 Å². The molecule has 0 atom stereocenters. The van der Waals surface area contributed by atoms with Gasteiger partial charge in [-0.1, -0.05) is 59.4 Å². The molecule has 2 aromatic heterocycles. The Morgan fingerprint density at radius 1 is 1.17 bits per heavy atom. The summed E-state index contributed by atoms with van der Waals surface area (Å²) < 4.78 is 4.81. The van der Waals surface area contributed by atoms with Crippen LogP contribution in [-0.2, 0) is 9.53 Å². The summed E-state index contributed by atoms with van der Waals surface area (Å²) in [5.74, 6) is 0.659. The molecule has 41 heavy (non-hydrogen) atoms. The summed E-state index contributed by atoms with van der Waals surface area (Å²) in [5, 5.41) is 6.94. The number of aliphatic imine (C=N–C) groups is 1. The van der Waals surface area contributed by atoms with Crippen molar-refractivity contribution < 1.29 is 14.3 Å². The second-order valence-electron chi connectivity index (χ2n) is 9.43. The van der Waals surface area contributed by atoms with E-state index in [4.69, 9.17) is 4.74 Å². The molecule has 218 valence electrons. The summed E-state index contributed by atoms with van der Waals surface area (Å²) in [5.41, 5.74) is 7.62. The molecule has 3 heterocycles. The second kappa shape index (κ2) is 18.0. The Morgan fingerprint density at radius 2 is 1.95 bits per heavy atom. The summed E-state index contributed by atoms with van der Waals surface area (Å²) in [7, 11) is 0. The Kier molecular flexibility index (Phi) is 14.4. The van der Waals surface area contributed by atoms with Crippen LogP contribution in [0.2, 0.25) is 0 Å². The minimum absolute atomic E-state index is 0.108. The molecule has 4 rings (SSSR count). The molecular weight excluding hydrogens is 516 g/mol. The van der Waals surface area contributed by atoms with Crippen molar-refractivity contribution in [1.82, 2.24) is 20.7 Å². The number of nitrogens with zero attached hydrogens (tertiary/aromatic N) is 4. The highest BCUT2D eigenvalue weighted by Crippen LogP contribution is 2.39. The first-order chi connectivity index (χ1) is 19.9. The molecule has 0 radical (unpaired) electrons. The fourth-order valence-corrected chi connectivity index (χ4v) is 3.42. The summed E-state index contributed by atoms with van der Waals surface area (Å²) >= 11 is 0. The SMILES string of the molecule is C=C/C=C(\C=C\NC(=O)c1cc(-c2ccc(C3CC3)nc2)ccn1)C1=NNC=NC1.CC.CCC(=O)OCC(C)C. The van der Waals surface area contributed by atoms with E-state index >= 15 is 0 Å². The summed E-state index contributed by atoms with van der Waals surface area (Å²) in [6.07, 6.45) is 14.7. The van der Waals surface area contributed by atoms with Gasteiger partial charge >= 0.3 is 5.97 Å². The Morgan fingerprint density at radius 3 is 2.54 bits per heavy atom. The molecule has 2 aromatic rings. The van der Waals surface area contributed by atoms with E-state index in [0.29, 0.717) is 37.1 Å². The number of carbonyl (C=O) groups excluding carboxylic acids is 2. The predicted molar refractivity (Wildman–Crippen MR) is 166 cm³/mol. The van der Waals surface area contributed by atoms with E-state index in [1.807, 2.05) is 46.0 Å². The number of ether oxygens (including phenoxy) is 1. The lowest BCUT2D eigenvalue weighted by atomic mass is 10.1. The highest BCUT2D eigenvalue weighted by molar-refractivity contribution is 6.05. The van der Waals surface area contributed by atoms with E-state index in [0.717, 1.165) is 28.1 Å². The second-order valence-corrected chi connectivity index (χ2v) is 9.43. The van der Waals surface area contributed by atoms with Crippen molar-refractivity contribution >= 4 is 23.9 Å². The van der Waals surface area contributed by atoms with E-state index in [1.165, 1.54) is 19.2 Å². The van der Waals surface area contributed by atoms with Crippen LogP contribution in [0.25, 0.3) is 11.1 Å². The number of rotatable bonds is 10. The zero-order valence-electron chi connectivity index (χ0n) is 24.8. The van der Waals surface area contributed by atoms with E-state index in [-0.39, 0.29) is 11.9 Å². The molecule has 0 bridgehead atoms. The summed E-state index contributed by atoms with van der Waals surface area (Å²) in [6.45, 7) is 14.6. The van der Waals surface area contributed by atoms with Crippen molar-refractivity contribution in [2.45, 2.75) is 59.8 Å². The molecule has 1 fully saturated rings.